The van der Waals surface area contributed by atoms with Crippen molar-refractivity contribution < 1.29 is 22.6 Å². The molecule has 0 radical (unpaired) electrons. The Morgan fingerprint density at radius 3 is 1.86 bits per heavy atom. The molecule has 0 saturated carbocycles. The molecule has 3 nitrogen and oxygen atoms in total. The molecule has 0 saturated heterocycles. The van der Waals surface area contributed by atoms with E-state index in [1.165, 1.54) is 0 Å². The van der Waals surface area contributed by atoms with E-state index in [0.717, 1.165) is 0 Å². The van der Waals surface area contributed by atoms with Crippen LogP contribution in [0.15, 0.2) is 0 Å². The van der Waals surface area contributed by atoms with Gasteiger partial charge in [0.1, 0.15) is 6.04 Å². The number of hydrogen-bond acceptors (Lipinski definition) is 3. The van der Waals surface area contributed by atoms with E-state index in [1.54, 1.807) is 13.8 Å². The number of nitrogens with two attached hydrogens (primary N) is 1. The van der Waals surface area contributed by atoms with Gasteiger partial charge >= 0.3 is 6.18 Å². The predicted octanol–water partition coefficient (Wildman–Crippen LogP) is 1.67. The quantitative estimate of drug-likeness (QED) is 0.685. The van der Waals surface area contributed by atoms with Gasteiger partial charge in [-0.25, -0.2) is 0 Å². The summed E-state index contributed by atoms with van der Waals surface area (Å²) >= 11 is 0. The maximum atomic E-state index is 12.1. The van der Waals surface area contributed by atoms with Crippen molar-refractivity contribution in [1.29, 1.82) is 0 Å². The highest BCUT2D eigenvalue weighted by Crippen LogP contribution is 2.22. The number of alkyl halides is 3. The van der Waals surface area contributed by atoms with Gasteiger partial charge in [-0.3, -0.25) is 0 Å². The Bertz CT molecular complexity index is 146. The average molecular weight is 215 g/mol. The van der Waals surface area contributed by atoms with Gasteiger partial charge in [-0.2, -0.15) is 13.2 Å². The standard InChI is InChI=1S/C8H16F3NO2/c1-3-13-7(14-4-2)5-6(12)8(9,10)11/h6-7H,3-5,12H2,1-2H3. The van der Waals surface area contributed by atoms with Gasteiger partial charge in [0.25, 0.3) is 0 Å². The van der Waals surface area contributed by atoms with Crippen molar-refractivity contribution in [2.24, 2.45) is 5.73 Å². The van der Waals surface area contributed by atoms with Crippen LogP contribution in [0.25, 0.3) is 0 Å². The molecular weight excluding hydrogens is 199 g/mol. The highest BCUT2D eigenvalue weighted by molar-refractivity contribution is 4.71. The summed E-state index contributed by atoms with van der Waals surface area (Å²) in [7, 11) is 0. The molecule has 14 heavy (non-hydrogen) atoms. The van der Waals surface area contributed by atoms with Crippen molar-refractivity contribution in [3.05, 3.63) is 0 Å². The van der Waals surface area contributed by atoms with Crippen LogP contribution in [0.4, 0.5) is 13.2 Å². The van der Waals surface area contributed by atoms with Crippen LogP contribution in [0, 0.1) is 0 Å². The highest BCUT2D eigenvalue weighted by Gasteiger charge is 2.38. The topological polar surface area (TPSA) is 44.5 Å². The van der Waals surface area contributed by atoms with Crippen LogP contribution in [-0.2, 0) is 9.47 Å². The van der Waals surface area contributed by atoms with E-state index in [1.807, 2.05) is 0 Å². The van der Waals surface area contributed by atoms with Crippen LogP contribution in [0.2, 0.25) is 0 Å². The van der Waals surface area contributed by atoms with Crippen LogP contribution in [0.5, 0.6) is 0 Å². The summed E-state index contributed by atoms with van der Waals surface area (Å²) in [6.07, 6.45) is -5.64. The summed E-state index contributed by atoms with van der Waals surface area (Å²) < 4.78 is 46.1. The summed E-state index contributed by atoms with van der Waals surface area (Å²) in [6, 6.07) is -1.90. The van der Waals surface area contributed by atoms with Crippen LogP contribution >= 0.6 is 0 Å². The lowest BCUT2D eigenvalue weighted by atomic mass is 10.2. The minimum Gasteiger partial charge on any atom is -0.353 e. The Hall–Kier alpha value is -0.330. The molecule has 0 aromatic heterocycles. The molecule has 1 unspecified atom stereocenters. The summed E-state index contributed by atoms with van der Waals surface area (Å²) in [4.78, 5) is 0. The molecule has 0 heterocycles. The minimum atomic E-state index is -4.40. The third-order valence-electron chi connectivity index (χ3n) is 1.57. The maximum absolute atomic E-state index is 12.1. The molecule has 0 aromatic rings. The van der Waals surface area contributed by atoms with Crippen LogP contribution in [0.3, 0.4) is 0 Å². The zero-order valence-electron chi connectivity index (χ0n) is 8.30. The molecule has 0 aliphatic rings. The molecule has 0 aliphatic heterocycles. The van der Waals surface area contributed by atoms with E-state index >= 15 is 0 Å². The first kappa shape index (κ1) is 13.7. The highest BCUT2D eigenvalue weighted by atomic mass is 19.4. The summed E-state index contributed by atoms with van der Waals surface area (Å²) in [5, 5.41) is 0. The Morgan fingerprint density at radius 1 is 1.14 bits per heavy atom. The van der Waals surface area contributed by atoms with Crippen LogP contribution in [-0.4, -0.2) is 31.7 Å². The molecule has 0 rings (SSSR count). The number of rotatable bonds is 6. The molecule has 0 aromatic carbocycles. The van der Waals surface area contributed by atoms with E-state index in [2.05, 4.69) is 0 Å². The van der Waals surface area contributed by atoms with Gasteiger partial charge in [0.15, 0.2) is 6.29 Å². The third-order valence-corrected chi connectivity index (χ3v) is 1.57. The first-order valence-corrected chi connectivity index (χ1v) is 4.47. The number of halogens is 3. The second-order valence-corrected chi connectivity index (χ2v) is 2.72. The van der Waals surface area contributed by atoms with Crippen molar-refractivity contribution in [2.75, 3.05) is 13.2 Å². The molecule has 6 heteroatoms. The molecule has 0 aliphatic carbocycles. The van der Waals surface area contributed by atoms with E-state index in [4.69, 9.17) is 15.2 Å². The number of hydrogen-bond donors (Lipinski definition) is 1. The van der Waals surface area contributed by atoms with Gasteiger partial charge in [0.2, 0.25) is 0 Å². The fourth-order valence-electron chi connectivity index (χ4n) is 0.897. The minimum absolute atomic E-state index is 0.301. The van der Waals surface area contributed by atoms with Gasteiger partial charge in [-0.15, -0.1) is 0 Å². The predicted molar refractivity (Wildman–Crippen MR) is 45.7 cm³/mol. The van der Waals surface area contributed by atoms with E-state index in [0.29, 0.717) is 13.2 Å². The average Bonchev–Trinajstić information content (AvgIpc) is 2.03. The smallest absolute Gasteiger partial charge is 0.353 e. The summed E-state index contributed by atoms with van der Waals surface area (Å²) in [6.45, 7) is 3.97. The van der Waals surface area contributed by atoms with Gasteiger partial charge in [-0.05, 0) is 13.8 Å². The maximum Gasteiger partial charge on any atom is 0.403 e. The Balaban J connectivity index is 4.01. The lowest BCUT2D eigenvalue weighted by molar-refractivity contribution is -0.187. The fraction of sp³-hybridized carbons (Fsp3) is 1.00. The second-order valence-electron chi connectivity index (χ2n) is 2.72. The zero-order chi connectivity index (χ0) is 11.2. The van der Waals surface area contributed by atoms with Crippen LogP contribution < -0.4 is 5.73 Å². The van der Waals surface area contributed by atoms with Crippen molar-refractivity contribution in [2.45, 2.75) is 38.8 Å². The monoisotopic (exact) mass is 215 g/mol. The lowest BCUT2D eigenvalue weighted by Crippen LogP contribution is -2.41. The molecule has 0 bridgehead atoms. The fourth-order valence-corrected chi connectivity index (χ4v) is 0.897. The Labute approximate surface area is 81.4 Å². The molecule has 0 amide bonds. The van der Waals surface area contributed by atoms with Crippen LogP contribution in [0.1, 0.15) is 20.3 Å². The first-order chi connectivity index (χ1) is 6.41. The van der Waals surface area contributed by atoms with Gasteiger partial charge in [0.05, 0.1) is 0 Å². The van der Waals surface area contributed by atoms with Crippen molar-refractivity contribution in [1.82, 2.24) is 0 Å². The first-order valence-electron chi connectivity index (χ1n) is 4.47. The molecule has 86 valence electrons. The molecule has 1 atom stereocenters. The molecule has 2 N–H and O–H groups in total. The van der Waals surface area contributed by atoms with Gasteiger partial charge in [-0.1, -0.05) is 0 Å². The Morgan fingerprint density at radius 2 is 1.57 bits per heavy atom. The summed E-state index contributed by atoms with van der Waals surface area (Å²) in [5.41, 5.74) is 4.93. The van der Waals surface area contributed by atoms with Crippen molar-refractivity contribution >= 4 is 0 Å². The van der Waals surface area contributed by atoms with E-state index < -0.39 is 18.5 Å². The van der Waals surface area contributed by atoms with E-state index in [9.17, 15) is 13.2 Å². The van der Waals surface area contributed by atoms with Gasteiger partial charge in [0, 0.05) is 19.6 Å². The Kier molecular flexibility index (Phi) is 6.06. The van der Waals surface area contributed by atoms with Crippen molar-refractivity contribution in [3.8, 4) is 0 Å². The third kappa shape index (κ3) is 5.41. The molecule has 0 fully saturated rings. The SMILES string of the molecule is CCOC(CC(N)C(F)(F)F)OCC. The largest absolute Gasteiger partial charge is 0.403 e. The van der Waals surface area contributed by atoms with Crippen molar-refractivity contribution in [3.63, 3.8) is 0 Å². The molecular formula is C8H16F3NO2. The zero-order valence-corrected chi connectivity index (χ0v) is 8.30. The second kappa shape index (κ2) is 6.21. The summed E-state index contributed by atoms with van der Waals surface area (Å²) in [5.74, 6) is 0. The van der Waals surface area contributed by atoms with E-state index in [-0.39, 0.29) is 6.42 Å². The molecule has 0 spiro atoms. The van der Waals surface area contributed by atoms with Gasteiger partial charge < -0.3 is 15.2 Å². The number of ether oxygens (including phenoxy) is 2. The lowest BCUT2D eigenvalue weighted by Gasteiger charge is -2.22. The normalized spacial score (nSPS) is 14.8.